The fourth-order valence-electron chi connectivity index (χ4n) is 3.61. The van der Waals surface area contributed by atoms with E-state index in [4.69, 9.17) is 4.74 Å². The number of ether oxygens (including phenoxy) is 1. The van der Waals surface area contributed by atoms with Crippen molar-refractivity contribution in [3.05, 3.63) is 107 Å². The molecule has 0 amide bonds. The average molecular weight is 328 g/mol. The van der Waals surface area contributed by atoms with Crippen LogP contribution in [0.1, 0.15) is 39.1 Å². The topological polar surface area (TPSA) is 26.3 Å². The Kier molecular flexibility index (Phi) is 4.45. The lowest BCUT2D eigenvalue weighted by molar-refractivity contribution is 0.0231. The van der Waals surface area contributed by atoms with E-state index >= 15 is 0 Å². The summed E-state index contributed by atoms with van der Waals surface area (Å²) in [6.45, 7) is 0.646. The van der Waals surface area contributed by atoms with Crippen molar-refractivity contribution in [3.63, 3.8) is 0 Å². The highest BCUT2D eigenvalue weighted by atomic mass is 16.5. The summed E-state index contributed by atoms with van der Waals surface area (Å²) >= 11 is 0. The minimum atomic E-state index is -0.343. The van der Waals surface area contributed by atoms with Crippen LogP contribution in [0, 0.1) is 0 Å². The maximum atomic E-state index is 13.4. The van der Waals surface area contributed by atoms with Crippen LogP contribution in [0.25, 0.3) is 0 Å². The number of fused-ring (bicyclic) bond motifs is 1. The Labute approximate surface area is 148 Å². The van der Waals surface area contributed by atoms with Crippen LogP contribution in [0.3, 0.4) is 0 Å². The summed E-state index contributed by atoms with van der Waals surface area (Å²) in [6, 6.07) is 27.8. The molecule has 0 radical (unpaired) electrons. The van der Waals surface area contributed by atoms with E-state index in [2.05, 4.69) is 18.2 Å². The van der Waals surface area contributed by atoms with Crippen molar-refractivity contribution in [1.82, 2.24) is 0 Å². The van der Waals surface area contributed by atoms with E-state index in [1.807, 2.05) is 66.7 Å². The molecule has 25 heavy (non-hydrogen) atoms. The quantitative estimate of drug-likeness (QED) is 0.632. The maximum Gasteiger partial charge on any atom is 0.173 e. The van der Waals surface area contributed by atoms with Crippen molar-refractivity contribution < 1.29 is 9.53 Å². The molecular formula is C23H20O2. The van der Waals surface area contributed by atoms with E-state index in [1.165, 1.54) is 5.56 Å². The smallest absolute Gasteiger partial charge is 0.173 e. The van der Waals surface area contributed by atoms with Crippen molar-refractivity contribution >= 4 is 5.78 Å². The van der Waals surface area contributed by atoms with Crippen molar-refractivity contribution in [3.8, 4) is 0 Å². The van der Waals surface area contributed by atoms with Gasteiger partial charge in [-0.2, -0.15) is 0 Å². The number of carbonyl (C=O) groups excluding carboxylic acids is 1. The van der Waals surface area contributed by atoms with Gasteiger partial charge in [-0.25, -0.2) is 0 Å². The third-order valence-corrected chi connectivity index (χ3v) is 4.83. The van der Waals surface area contributed by atoms with Crippen LogP contribution >= 0.6 is 0 Å². The Morgan fingerprint density at radius 2 is 1.48 bits per heavy atom. The largest absolute Gasteiger partial charge is 0.372 e. The van der Waals surface area contributed by atoms with E-state index in [1.54, 1.807) is 0 Å². The highest BCUT2D eigenvalue weighted by Gasteiger charge is 2.35. The van der Waals surface area contributed by atoms with Gasteiger partial charge in [-0.15, -0.1) is 0 Å². The second kappa shape index (κ2) is 7.04. The lowest BCUT2D eigenvalue weighted by Crippen LogP contribution is -2.27. The second-order valence-electron chi connectivity index (χ2n) is 6.36. The molecule has 0 fully saturated rings. The molecule has 1 heterocycles. The Bertz CT molecular complexity index is 856. The summed E-state index contributed by atoms with van der Waals surface area (Å²) in [4.78, 5) is 13.4. The van der Waals surface area contributed by atoms with Crippen LogP contribution in [0.15, 0.2) is 84.9 Å². The molecule has 3 aromatic rings. The fraction of sp³-hybridized carbons (Fsp3) is 0.174. The van der Waals surface area contributed by atoms with Gasteiger partial charge >= 0.3 is 0 Å². The van der Waals surface area contributed by atoms with Crippen molar-refractivity contribution in [2.75, 3.05) is 6.61 Å². The zero-order valence-corrected chi connectivity index (χ0v) is 14.0. The number of carbonyl (C=O) groups is 1. The number of hydrogen-bond acceptors (Lipinski definition) is 2. The van der Waals surface area contributed by atoms with Gasteiger partial charge in [0.15, 0.2) is 5.78 Å². The molecule has 2 unspecified atom stereocenters. The van der Waals surface area contributed by atoms with Crippen LogP contribution in [0.4, 0.5) is 0 Å². The van der Waals surface area contributed by atoms with Gasteiger partial charge in [-0.3, -0.25) is 4.79 Å². The first-order valence-corrected chi connectivity index (χ1v) is 8.68. The zero-order chi connectivity index (χ0) is 17.1. The van der Waals surface area contributed by atoms with E-state index in [9.17, 15) is 4.79 Å². The number of Topliss-reactive ketones (excluding diaryl/α,β-unsaturated/α-hetero) is 1. The highest BCUT2D eigenvalue weighted by Crippen LogP contribution is 2.40. The highest BCUT2D eigenvalue weighted by molar-refractivity contribution is 6.01. The van der Waals surface area contributed by atoms with Gasteiger partial charge in [0.05, 0.1) is 18.6 Å². The maximum absolute atomic E-state index is 13.4. The Morgan fingerprint density at radius 3 is 2.24 bits per heavy atom. The predicted molar refractivity (Wildman–Crippen MR) is 98.8 cm³/mol. The molecule has 3 aromatic carbocycles. The summed E-state index contributed by atoms with van der Waals surface area (Å²) < 4.78 is 6.14. The summed E-state index contributed by atoms with van der Waals surface area (Å²) in [5.74, 6) is -0.237. The molecule has 2 nitrogen and oxygen atoms in total. The first kappa shape index (κ1) is 15.8. The molecule has 0 aliphatic carbocycles. The van der Waals surface area contributed by atoms with Gasteiger partial charge < -0.3 is 4.74 Å². The van der Waals surface area contributed by atoms with Gasteiger partial charge in [-0.1, -0.05) is 84.9 Å². The van der Waals surface area contributed by atoms with Gasteiger partial charge in [0.25, 0.3) is 0 Å². The lowest BCUT2D eigenvalue weighted by atomic mass is 9.80. The molecule has 1 aliphatic rings. The number of rotatable bonds is 4. The first-order chi connectivity index (χ1) is 12.3. The number of ketones is 1. The van der Waals surface area contributed by atoms with Crippen LogP contribution in [0.5, 0.6) is 0 Å². The Morgan fingerprint density at radius 1 is 0.840 bits per heavy atom. The minimum absolute atomic E-state index is 0.105. The van der Waals surface area contributed by atoms with E-state index in [0.717, 1.165) is 23.1 Å². The molecule has 0 N–H and O–H groups in total. The minimum Gasteiger partial charge on any atom is -0.372 e. The van der Waals surface area contributed by atoms with Gasteiger partial charge in [0, 0.05) is 5.56 Å². The van der Waals surface area contributed by atoms with E-state index in [0.29, 0.717) is 6.61 Å². The standard InChI is InChI=1S/C23H20O2/c24-22(19-12-5-2-6-13-19)21(18-10-3-1-4-11-18)23-20-14-8-7-9-17(20)15-16-25-23/h1-14,21,23H,15-16H2. The third-order valence-electron chi connectivity index (χ3n) is 4.83. The molecule has 2 heteroatoms. The summed E-state index contributed by atoms with van der Waals surface area (Å²) in [7, 11) is 0. The van der Waals surface area contributed by atoms with Crippen LogP contribution in [-0.4, -0.2) is 12.4 Å². The lowest BCUT2D eigenvalue weighted by Gasteiger charge is -2.32. The molecular weight excluding hydrogens is 308 g/mol. The monoisotopic (exact) mass is 328 g/mol. The normalized spacial score (nSPS) is 17.5. The van der Waals surface area contributed by atoms with Gasteiger partial charge in [0.2, 0.25) is 0 Å². The van der Waals surface area contributed by atoms with Gasteiger partial charge in [0.1, 0.15) is 0 Å². The second-order valence-corrected chi connectivity index (χ2v) is 6.36. The summed E-state index contributed by atoms with van der Waals surface area (Å²) in [6.07, 6.45) is 0.647. The van der Waals surface area contributed by atoms with Gasteiger partial charge in [-0.05, 0) is 23.1 Å². The Balaban J connectivity index is 1.81. The SMILES string of the molecule is O=C(c1ccccc1)C(c1ccccc1)C1OCCc2ccccc21. The van der Waals surface area contributed by atoms with Crippen molar-refractivity contribution in [2.24, 2.45) is 0 Å². The Hall–Kier alpha value is -2.71. The van der Waals surface area contributed by atoms with E-state index < -0.39 is 0 Å². The first-order valence-electron chi connectivity index (χ1n) is 8.68. The third kappa shape index (κ3) is 3.13. The number of benzene rings is 3. The summed E-state index contributed by atoms with van der Waals surface area (Å²) in [5, 5.41) is 0. The average Bonchev–Trinajstić information content (AvgIpc) is 2.70. The molecule has 0 saturated carbocycles. The molecule has 0 saturated heterocycles. The van der Waals surface area contributed by atoms with Crippen LogP contribution < -0.4 is 0 Å². The predicted octanol–water partition coefficient (Wildman–Crippen LogP) is 4.97. The molecule has 0 bridgehead atoms. The van der Waals surface area contributed by atoms with E-state index in [-0.39, 0.29) is 17.8 Å². The molecule has 0 aromatic heterocycles. The van der Waals surface area contributed by atoms with Crippen LogP contribution in [0.2, 0.25) is 0 Å². The fourth-order valence-corrected chi connectivity index (χ4v) is 3.61. The molecule has 124 valence electrons. The van der Waals surface area contributed by atoms with Crippen molar-refractivity contribution in [2.45, 2.75) is 18.4 Å². The van der Waals surface area contributed by atoms with Crippen molar-refractivity contribution in [1.29, 1.82) is 0 Å². The molecule has 4 rings (SSSR count). The molecule has 1 aliphatic heterocycles. The molecule has 0 spiro atoms. The zero-order valence-electron chi connectivity index (χ0n) is 14.0. The summed E-state index contributed by atoms with van der Waals surface area (Å²) in [5.41, 5.74) is 4.13. The van der Waals surface area contributed by atoms with Crippen LogP contribution in [-0.2, 0) is 11.2 Å². The number of hydrogen-bond donors (Lipinski definition) is 0. The molecule has 2 atom stereocenters.